The van der Waals surface area contributed by atoms with Crippen LogP contribution in [0.1, 0.15) is 96.8 Å². The third-order valence-electron chi connectivity index (χ3n) is 4.62. The van der Waals surface area contributed by atoms with Gasteiger partial charge in [-0.25, -0.2) is 4.79 Å². The zero-order valence-electron chi connectivity index (χ0n) is 15.3. The van der Waals surface area contributed by atoms with Gasteiger partial charge in [-0.05, 0) is 6.42 Å². The molecular weight excluding hydrogens is 304 g/mol. The second kappa shape index (κ2) is 13.0. The fraction of sp³-hybridized carbons (Fsp3) is 0.800. The number of esters is 1. The third-order valence-corrected chi connectivity index (χ3v) is 4.62. The lowest BCUT2D eigenvalue weighted by Crippen LogP contribution is -2.05. The van der Waals surface area contributed by atoms with Gasteiger partial charge in [0.05, 0.1) is 0 Å². The molecule has 1 heterocycles. The molecular formula is C20H34O4. The van der Waals surface area contributed by atoms with E-state index in [-0.39, 0.29) is 17.9 Å². The predicted octanol–water partition coefficient (Wildman–Crippen LogP) is 5.41. The highest BCUT2D eigenvalue weighted by Crippen LogP contribution is 2.19. The summed E-state index contributed by atoms with van der Waals surface area (Å²) < 4.78 is 4.61. The molecule has 0 aromatic carbocycles. The Morgan fingerprint density at radius 2 is 1.29 bits per heavy atom. The molecule has 0 radical (unpaired) electrons. The van der Waals surface area contributed by atoms with E-state index in [2.05, 4.69) is 11.7 Å². The van der Waals surface area contributed by atoms with Gasteiger partial charge >= 0.3 is 5.97 Å². The van der Waals surface area contributed by atoms with Crippen molar-refractivity contribution in [3.8, 4) is 0 Å². The molecule has 1 saturated heterocycles. The highest BCUT2D eigenvalue weighted by Gasteiger charge is 2.31. The van der Waals surface area contributed by atoms with Crippen LogP contribution >= 0.6 is 0 Å². The first kappa shape index (κ1) is 20.7. The monoisotopic (exact) mass is 338 g/mol. The molecule has 0 bridgehead atoms. The van der Waals surface area contributed by atoms with Crippen molar-refractivity contribution in [1.29, 1.82) is 0 Å². The van der Waals surface area contributed by atoms with Gasteiger partial charge in [0, 0.05) is 6.42 Å². The molecule has 0 aliphatic carbocycles. The van der Waals surface area contributed by atoms with Crippen molar-refractivity contribution in [3.63, 3.8) is 0 Å². The van der Waals surface area contributed by atoms with E-state index < -0.39 is 11.8 Å². The van der Waals surface area contributed by atoms with Crippen LogP contribution in [-0.4, -0.2) is 23.5 Å². The van der Waals surface area contributed by atoms with Crippen molar-refractivity contribution < 1.29 is 19.4 Å². The minimum Gasteiger partial charge on any atom is -0.511 e. The van der Waals surface area contributed by atoms with Gasteiger partial charge in [0.15, 0.2) is 6.61 Å². The Labute approximate surface area is 146 Å². The number of cyclic esters (lactones) is 1. The van der Waals surface area contributed by atoms with E-state index in [0.717, 1.165) is 19.3 Å². The molecule has 0 aromatic rings. The van der Waals surface area contributed by atoms with Crippen LogP contribution in [0.3, 0.4) is 0 Å². The third kappa shape index (κ3) is 8.51. The summed E-state index contributed by atoms with van der Waals surface area (Å²) in [5.41, 5.74) is -0.131. The molecule has 1 N–H and O–H groups in total. The van der Waals surface area contributed by atoms with Gasteiger partial charge in [0.2, 0.25) is 5.78 Å². The summed E-state index contributed by atoms with van der Waals surface area (Å²) in [6, 6.07) is 0. The zero-order valence-corrected chi connectivity index (χ0v) is 15.3. The molecule has 0 atom stereocenters. The van der Waals surface area contributed by atoms with Gasteiger partial charge in [-0.1, -0.05) is 84.0 Å². The molecule has 0 amide bonds. The Morgan fingerprint density at radius 1 is 0.833 bits per heavy atom. The Bertz CT molecular complexity index is 394. The fourth-order valence-electron chi connectivity index (χ4n) is 3.10. The number of hydrogen-bond donors (Lipinski definition) is 1. The lowest BCUT2D eigenvalue weighted by Gasteiger charge is -2.04. The molecule has 0 unspecified atom stereocenters. The van der Waals surface area contributed by atoms with Crippen LogP contribution in [0, 0.1) is 0 Å². The Balaban J connectivity index is 1.91. The maximum absolute atomic E-state index is 11.4. The second-order valence-electron chi connectivity index (χ2n) is 6.81. The van der Waals surface area contributed by atoms with Crippen LogP contribution in [0.2, 0.25) is 0 Å². The molecule has 24 heavy (non-hydrogen) atoms. The topological polar surface area (TPSA) is 63.6 Å². The number of allylic oxidation sites excluding steroid dienone is 1. The molecule has 1 aliphatic rings. The van der Waals surface area contributed by atoms with E-state index >= 15 is 0 Å². The van der Waals surface area contributed by atoms with Gasteiger partial charge in [-0.3, -0.25) is 4.79 Å². The second-order valence-corrected chi connectivity index (χ2v) is 6.81. The van der Waals surface area contributed by atoms with Gasteiger partial charge in [-0.2, -0.15) is 0 Å². The molecule has 1 fully saturated rings. The number of Topliss-reactive ketones (excluding diaryl/α,β-unsaturated/α-hetero) is 1. The number of carbonyl (C=O) groups excluding carboxylic acids is 2. The first-order valence-corrected chi connectivity index (χ1v) is 9.79. The van der Waals surface area contributed by atoms with Crippen LogP contribution in [0.4, 0.5) is 0 Å². The van der Waals surface area contributed by atoms with Crippen molar-refractivity contribution in [3.05, 3.63) is 11.3 Å². The number of unbranched alkanes of at least 4 members (excludes halogenated alkanes) is 12. The predicted molar refractivity (Wildman–Crippen MR) is 95.9 cm³/mol. The van der Waals surface area contributed by atoms with Crippen molar-refractivity contribution in [2.24, 2.45) is 0 Å². The summed E-state index contributed by atoms with van der Waals surface area (Å²) in [5.74, 6) is -1.16. The zero-order chi connectivity index (χ0) is 17.6. The van der Waals surface area contributed by atoms with E-state index in [1.165, 1.54) is 64.2 Å². The number of aliphatic hydroxyl groups is 1. The van der Waals surface area contributed by atoms with Gasteiger partial charge in [-0.15, -0.1) is 0 Å². The van der Waals surface area contributed by atoms with Crippen LogP contribution in [-0.2, 0) is 14.3 Å². The van der Waals surface area contributed by atoms with Crippen molar-refractivity contribution in [2.45, 2.75) is 96.8 Å². The molecule has 1 rings (SSSR count). The smallest absolute Gasteiger partial charge is 0.345 e. The Hall–Kier alpha value is -1.32. The maximum Gasteiger partial charge on any atom is 0.345 e. The highest BCUT2D eigenvalue weighted by atomic mass is 16.5. The standard InChI is InChI=1S/C20H34O4/c1-2-3-4-5-6-7-8-9-10-11-12-13-14-15-17(21)19-18(22)16-24-20(19)23/h21H,2-16H2,1H3. The number of carbonyl (C=O) groups is 2. The summed E-state index contributed by atoms with van der Waals surface area (Å²) in [6.45, 7) is 2.03. The van der Waals surface area contributed by atoms with Crippen molar-refractivity contribution in [1.82, 2.24) is 0 Å². The van der Waals surface area contributed by atoms with Crippen LogP contribution in [0.25, 0.3) is 0 Å². The summed E-state index contributed by atoms with van der Waals surface area (Å²) in [6.07, 6.45) is 16.8. The van der Waals surface area contributed by atoms with Crippen molar-refractivity contribution >= 4 is 11.8 Å². The molecule has 0 spiro atoms. The Kier molecular flexibility index (Phi) is 11.2. The van der Waals surface area contributed by atoms with E-state index in [0.29, 0.717) is 6.42 Å². The maximum atomic E-state index is 11.4. The van der Waals surface area contributed by atoms with Crippen LogP contribution in [0.15, 0.2) is 11.3 Å². The van der Waals surface area contributed by atoms with Gasteiger partial charge in [0.1, 0.15) is 11.3 Å². The van der Waals surface area contributed by atoms with E-state index in [4.69, 9.17) is 0 Å². The summed E-state index contributed by atoms with van der Waals surface area (Å²) in [7, 11) is 0. The number of rotatable bonds is 14. The lowest BCUT2D eigenvalue weighted by atomic mass is 10.0. The van der Waals surface area contributed by atoms with Crippen molar-refractivity contribution in [2.75, 3.05) is 6.61 Å². The molecule has 4 heteroatoms. The van der Waals surface area contributed by atoms with Crippen LogP contribution in [0.5, 0.6) is 0 Å². The summed E-state index contributed by atoms with van der Waals surface area (Å²) in [5, 5.41) is 9.82. The average Bonchev–Trinajstić information content (AvgIpc) is 2.90. The van der Waals surface area contributed by atoms with Crippen LogP contribution < -0.4 is 0 Å². The van der Waals surface area contributed by atoms with Gasteiger partial charge in [0.25, 0.3) is 0 Å². The number of aliphatic hydroxyl groups excluding tert-OH is 1. The molecule has 4 nitrogen and oxygen atoms in total. The lowest BCUT2D eigenvalue weighted by molar-refractivity contribution is -0.135. The molecule has 0 saturated carbocycles. The molecule has 0 aromatic heterocycles. The largest absolute Gasteiger partial charge is 0.511 e. The molecule has 1 aliphatic heterocycles. The quantitative estimate of drug-likeness (QED) is 0.151. The van der Waals surface area contributed by atoms with E-state index in [1.807, 2.05) is 0 Å². The highest BCUT2D eigenvalue weighted by molar-refractivity contribution is 6.22. The average molecular weight is 338 g/mol. The summed E-state index contributed by atoms with van der Waals surface area (Å²) in [4.78, 5) is 22.7. The first-order chi connectivity index (χ1) is 11.7. The number of ketones is 1. The minimum atomic E-state index is -0.674. The van der Waals surface area contributed by atoms with E-state index in [1.54, 1.807) is 0 Å². The number of ether oxygens (including phenoxy) is 1. The summed E-state index contributed by atoms with van der Waals surface area (Å²) >= 11 is 0. The Morgan fingerprint density at radius 3 is 1.71 bits per heavy atom. The fourth-order valence-corrected chi connectivity index (χ4v) is 3.10. The molecule has 138 valence electrons. The normalized spacial score (nSPS) is 16.5. The first-order valence-electron chi connectivity index (χ1n) is 9.79. The van der Waals surface area contributed by atoms with E-state index in [9.17, 15) is 14.7 Å². The minimum absolute atomic E-state index is 0.0921. The SMILES string of the molecule is CCCCCCCCCCCCCCCC(O)=C1C(=O)COC1=O. The van der Waals surface area contributed by atoms with Gasteiger partial charge < -0.3 is 9.84 Å². The number of hydrogen-bond acceptors (Lipinski definition) is 4.